The maximum atomic E-state index is 14.1. The average molecular weight is 398 g/mol. The van der Waals surface area contributed by atoms with Gasteiger partial charge in [0.15, 0.2) is 0 Å². The predicted octanol–water partition coefficient (Wildman–Crippen LogP) is 2.56. The number of nitrogens with one attached hydrogen (secondary N) is 2. The van der Waals surface area contributed by atoms with Gasteiger partial charge in [-0.2, -0.15) is 9.97 Å². The van der Waals surface area contributed by atoms with Gasteiger partial charge in [-0.05, 0) is 43.9 Å². The Labute approximate surface area is 167 Å². The Kier molecular flexibility index (Phi) is 5.04. The summed E-state index contributed by atoms with van der Waals surface area (Å²) in [5, 5.41) is 5.26. The molecule has 1 fully saturated rings. The summed E-state index contributed by atoms with van der Waals surface area (Å²) in [7, 11) is 0. The normalized spacial score (nSPS) is 18.8. The van der Waals surface area contributed by atoms with E-state index in [1.54, 1.807) is 13.0 Å². The van der Waals surface area contributed by atoms with Crippen LogP contribution >= 0.6 is 0 Å². The van der Waals surface area contributed by atoms with Gasteiger partial charge in [0.1, 0.15) is 17.5 Å². The molecule has 2 aromatic rings. The molecule has 0 saturated carbocycles. The van der Waals surface area contributed by atoms with Crippen molar-refractivity contribution in [1.82, 2.24) is 9.97 Å². The molecule has 2 aliphatic rings. The lowest BCUT2D eigenvalue weighted by atomic mass is 9.91. The van der Waals surface area contributed by atoms with E-state index in [4.69, 9.17) is 5.73 Å². The van der Waals surface area contributed by atoms with Gasteiger partial charge in [0.2, 0.25) is 17.8 Å². The third kappa shape index (κ3) is 3.85. The van der Waals surface area contributed by atoms with Gasteiger partial charge < -0.3 is 21.3 Å². The summed E-state index contributed by atoms with van der Waals surface area (Å²) in [6.07, 6.45) is 3.13. The number of rotatable bonds is 3. The Hall–Kier alpha value is -3.23. The van der Waals surface area contributed by atoms with Gasteiger partial charge in [-0.3, -0.25) is 9.59 Å². The Morgan fingerprint density at radius 3 is 2.76 bits per heavy atom. The molecule has 0 unspecified atom stereocenters. The first-order chi connectivity index (χ1) is 13.9. The number of nitrogen functional groups attached to an aromatic ring is 1. The number of nitrogens with zero attached hydrogens (tertiary/aromatic N) is 3. The summed E-state index contributed by atoms with van der Waals surface area (Å²) >= 11 is 0. The monoisotopic (exact) mass is 398 g/mol. The molecule has 1 aromatic carbocycles. The first-order valence-corrected chi connectivity index (χ1v) is 9.71. The Balaban J connectivity index is 1.64. The number of halogens is 1. The number of carbonyl (C=O) groups excluding carboxylic acids is 2. The third-order valence-corrected chi connectivity index (χ3v) is 5.30. The molecule has 0 bridgehead atoms. The molecule has 152 valence electrons. The zero-order valence-electron chi connectivity index (χ0n) is 16.2. The van der Waals surface area contributed by atoms with Gasteiger partial charge in [-0.1, -0.05) is 6.07 Å². The molecule has 29 heavy (non-hydrogen) atoms. The highest BCUT2D eigenvalue weighted by Gasteiger charge is 2.35. The van der Waals surface area contributed by atoms with Gasteiger partial charge in [-0.15, -0.1) is 0 Å². The lowest BCUT2D eigenvalue weighted by Crippen LogP contribution is -2.35. The molecule has 0 spiro atoms. The van der Waals surface area contributed by atoms with Crippen LogP contribution in [0.25, 0.3) is 0 Å². The zero-order valence-corrected chi connectivity index (χ0v) is 16.2. The summed E-state index contributed by atoms with van der Waals surface area (Å²) in [5.41, 5.74) is 7.35. The van der Waals surface area contributed by atoms with E-state index >= 15 is 0 Å². The number of aryl methyl sites for hydroxylation is 1. The smallest absolute Gasteiger partial charge is 0.232 e. The molecule has 1 aromatic heterocycles. The summed E-state index contributed by atoms with van der Waals surface area (Å²) in [6.45, 7) is 3.40. The van der Waals surface area contributed by atoms with Crippen molar-refractivity contribution in [2.45, 2.75) is 38.5 Å². The zero-order chi connectivity index (χ0) is 20.5. The van der Waals surface area contributed by atoms with Crippen molar-refractivity contribution in [3.63, 3.8) is 0 Å². The minimum Gasteiger partial charge on any atom is -0.383 e. The first kappa shape index (κ1) is 19.1. The van der Waals surface area contributed by atoms with Gasteiger partial charge in [0.05, 0.1) is 17.2 Å². The van der Waals surface area contributed by atoms with E-state index in [1.807, 2.05) is 4.90 Å². The minimum absolute atomic E-state index is 0.0533. The lowest BCUT2D eigenvalue weighted by molar-refractivity contribution is -0.123. The number of fused-ring (bicyclic) bond motifs is 1. The van der Waals surface area contributed by atoms with Crippen molar-refractivity contribution in [3.05, 3.63) is 35.1 Å². The topological polar surface area (TPSA) is 113 Å². The van der Waals surface area contributed by atoms with Crippen molar-refractivity contribution in [1.29, 1.82) is 0 Å². The van der Waals surface area contributed by atoms with Crippen molar-refractivity contribution >= 4 is 35.1 Å². The van der Waals surface area contributed by atoms with Crippen LogP contribution in [0.15, 0.2) is 18.2 Å². The summed E-state index contributed by atoms with van der Waals surface area (Å²) in [5.74, 6) is -1.45. The molecule has 9 heteroatoms. The molecule has 1 saturated heterocycles. The maximum Gasteiger partial charge on any atom is 0.232 e. The molecule has 2 amide bonds. The number of hydrogen-bond donors (Lipinski definition) is 3. The summed E-state index contributed by atoms with van der Waals surface area (Å²) in [6, 6.07) is 4.52. The molecule has 4 rings (SSSR count). The van der Waals surface area contributed by atoms with E-state index in [1.165, 1.54) is 12.1 Å². The number of hydrogen-bond acceptors (Lipinski definition) is 6. The second-order valence-electron chi connectivity index (χ2n) is 7.50. The van der Waals surface area contributed by atoms with Gasteiger partial charge in [-0.25, -0.2) is 4.39 Å². The number of benzene rings is 1. The van der Waals surface area contributed by atoms with E-state index in [-0.39, 0.29) is 29.7 Å². The van der Waals surface area contributed by atoms with Crippen LogP contribution in [0.3, 0.4) is 0 Å². The molecular formula is C20H23FN6O2. The van der Waals surface area contributed by atoms with Crippen LogP contribution in [-0.2, 0) is 9.59 Å². The number of aromatic nitrogens is 2. The summed E-state index contributed by atoms with van der Waals surface area (Å²) in [4.78, 5) is 36.0. The van der Waals surface area contributed by atoms with Crippen molar-refractivity contribution < 1.29 is 14.0 Å². The number of carbonyl (C=O) groups is 2. The predicted molar refractivity (Wildman–Crippen MR) is 108 cm³/mol. The van der Waals surface area contributed by atoms with Crippen molar-refractivity contribution in [2.24, 2.45) is 0 Å². The van der Waals surface area contributed by atoms with E-state index < -0.39 is 17.6 Å². The van der Waals surface area contributed by atoms with Crippen molar-refractivity contribution in [2.75, 3.05) is 34.4 Å². The van der Waals surface area contributed by atoms with Crippen LogP contribution in [0, 0.1) is 12.7 Å². The van der Waals surface area contributed by atoms with E-state index in [0.717, 1.165) is 37.9 Å². The van der Waals surface area contributed by atoms with Crippen LogP contribution in [0.4, 0.5) is 27.7 Å². The average Bonchev–Trinajstić information content (AvgIpc) is 2.69. The van der Waals surface area contributed by atoms with Crippen LogP contribution in [0.5, 0.6) is 0 Å². The fourth-order valence-electron chi connectivity index (χ4n) is 3.78. The van der Waals surface area contributed by atoms with Crippen LogP contribution in [0.1, 0.15) is 42.7 Å². The van der Waals surface area contributed by atoms with Crippen LogP contribution in [0.2, 0.25) is 0 Å². The fraction of sp³-hybridized carbons (Fsp3) is 0.400. The Morgan fingerprint density at radius 2 is 2.03 bits per heavy atom. The molecule has 0 aliphatic carbocycles. The maximum absolute atomic E-state index is 14.1. The summed E-state index contributed by atoms with van der Waals surface area (Å²) < 4.78 is 14.1. The Bertz CT molecular complexity index is 974. The molecule has 8 nitrogen and oxygen atoms in total. The number of anilines is 4. The van der Waals surface area contributed by atoms with E-state index in [2.05, 4.69) is 20.6 Å². The number of nitrogens with two attached hydrogens (primary N) is 1. The largest absolute Gasteiger partial charge is 0.383 e. The molecule has 4 N–H and O–H groups in total. The first-order valence-electron chi connectivity index (χ1n) is 9.71. The molecular weight excluding hydrogens is 375 g/mol. The van der Waals surface area contributed by atoms with E-state index in [0.29, 0.717) is 11.5 Å². The van der Waals surface area contributed by atoms with Crippen LogP contribution in [-0.4, -0.2) is 34.9 Å². The van der Waals surface area contributed by atoms with Gasteiger partial charge in [0, 0.05) is 19.5 Å². The van der Waals surface area contributed by atoms with Gasteiger partial charge >= 0.3 is 0 Å². The number of piperidine rings is 1. The second kappa shape index (κ2) is 7.65. The standard InChI is InChI=1S/C20H23FN6O2/c1-11-5-6-14(13(21)9-11)23-19(29)12-10-15(28)24-18-16(12)17(22)25-20(26-18)27-7-3-2-4-8-27/h5-6,9,12H,2-4,7-8,10H2,1H3,(H,23,29)(H3,22,24,25,26,28)/t12-/m1/s1. The van der Waals surface area contributed by atoms with E-state index in [9.17, 15) is 14.0 Å². The van der Waals surface area contributed by atoms with Gasteiger partial charge in [0.25, 0.3) is 0 Å². The lowest BCUT2D eigenvalue weighted by Gasteiger charge is -2.30. The highest BCUT2D eigenvalue weighted by molar-refractivity contribution is 6.05. The minimum atomic E-state index is -0.894. The van der Waals surface area contributed by atoms with Crippen LogP contribution < -0.4 is 21.3 Å². The quantitative estimate of drug-likeness (QED) is 0.732. The molecule has 3 heterocycles. The van der Waals surface area contributed by atoms with Crippen molar-refractivity contribution in [3.8, 4) is 0 Å². The molecule has 1 atom stereocenters. The SMILES string of the molecule is Cc1ccc(NC(=O)[C@@H]2CC(=O)Nc3nc(N4CCCCC4)nc(N)c32)c(F)c1. The second-order valence-corrected chi connectivity index (χ2v) is 7.50. The third-order valence-electron chi connectivity index (χ3n) is 5.30. The number of amides is 2. The fourth-order valence-corrected chi connectivity index (χ4v) is 3.78. The molecule has 0 radical (unpaired) electrons. The Morgan fingerprint density at radius 1 is 1.28 bits per heavy atom. The highest BCUT2D eigenvalue weighted by Crippen LogP contribution is 2.37. The highest BCUT2D eigenvalue weighted by atomic mass is 19.1. The molecule has 2 aliphatic heterocycles.